The Hall–Kier alpha value is -0.880. The van der Waals surface area contributed by atoms with Crippen LogP contribution in [0.5, 0.6) is 0 Å². The molecule has 19 heavy (non-hydrogen) atoms. The maximum atomic E-state index is 12.0. The number of aryl methyl sites for hydroxylation is 1. The number of aromatic nitrogens is 1. The molecule has 1 aliphatic rings. The number of hydrogen-bond acceptors (Lipinski definition) is 5. The van der Waals surface area contributed by atoms with Crippen LogP contribution in [0.2, 0.25) is 0 Å². The van der Waals surface area contributed by atoms with E-state index in [0.717, 1.165) is 40.6 Å². The third-order valence-corrected chi connectivity index (χ3v) is 5.77. The number of hydrogen-bond donors (Lipinski definition) is 1. The smallest absolute Gasteiger partial charge is 0.222 e. The Balaban J connectivity index is 2.05. The summed E-state index contributed by atoms with van der Waals surface area (Å²) < 4.78 is 0.883. The standard InChI is InChI=1S/C13H18N2O2S2/c1-8-11(7-12(14)17)19-13(15-8)18-10-6-4-2-3-5-9(10)16/h10H,2-7H2,1H3,(H2,14,17). The molecule has 0 saturated heterocycles. The Morgan fingerprint density at radius 3 is 3.00 bits per heavy atom. The number of nitrogens with zero attached hydrogens (tertiary/aromatic N) is 1. The summed E-state index contributed by atoms with van der Waals surface area (Å²) in [7, 11) is 0. The Morgan fingerprint density at radius 2 is 2.26 bits per heavy atom. The first-order valence-electron chi connectivity index (χ1n) is 6.50. The summed E-state index contributed by atoms with van der Waals surface area (Å²) in [6.45, 7) is 1.88. The molecule has 4 nitrogen and oxygen atoms in total. The molecule has 1 unspecified atom stereocenters. The van der Waals surface area contributed by atoms with Gasteiger partial charge in [-0.2, -0.15) is 0 Å². The molecule has 0 aliphatic heterocycles. The highest BCUT2D eigenvalue weighted by molar-refractivity contribution is 8.02. The van der Waals surface area contributed by atoms with Crippen LogP contribution in [-0.4, -0.2) is 21.9 Å². The van der Waals surface area contributed by atoms with Crippen LogP contribution in [0.25, 0.3) is 0 Å². The summed E-state index contributed by atoms with van der Waals surface area (Å²) in [6, 6.07) is 0. The van der Waals surface area contributed by atoms with Gasteiger partial charge < -0.3 is 5.73 Å². The molecule has 1 aliphatic carbocycles. The summed E-state index contributed by atoms with van der Waals surface area (Å²) in [5.41, 5.74) is 6.06. The van der Waals surface area contributed by atoms with Gasteiger partial charge in [0.25, 0.3) is 0 Å². The van der Waals surface area contributed by atoms with Gasteiger partial charge in [0.05, 0.1) is 17.4 Å². The monoisotopic (exact) mass is 298 g/mol. The van der Waals surface area contributed by atoms with Crippen LogP contribution in [0.15, 0.2) is 4.34 Å². The topological polar surface area (TPSA) is 73.1 Å². The van der Waals surface area contributed by atoms with Crippen LogP contribution < -0.4 is 5.73 Å². The highest BCUT2D eigenvalue weighted by atomic mass is 32.2. The minimum Gasteiger partial charge on any atom is -0.369 e. The van der Waals surface area contributed by atoms with Crippen molar-refractivity contribution in [3.8, 4) is 0 Å². The van der Waals surface area contributed by atoms with Crippen molar-refractivity contribution in [3.63, 3.8) is 0 Å². The number of nitrogens with two attached hydrogens (primary N) is 1. The summed E-state index contributed by atoms with van der Waals surface area (Å²) in [5.74, 6) is 0.000599. The van der Waals surface area contributed by atoms with Crippen LogP contribution in [-0.2, 0) is 16.0 Å². The quantitative estimate of drug-likeness (QED) is 0.867. The van der Waals surface area contributed by atoms with E-state index in [0.29, 0.717) is 12.2 Å². The fourth-order valence-electron chi connectivity index (χ4n) is 2.15. The molecule has 0 bridgehead atoms. The summed E-state index contributed by atoms with van der Waals surface area (Å²) in [6.07, 6.45) is 5.14. The molecular weight excluding hydrogens is 280 g/mol. The summed E-state index contributed by atoms with van der Waals surface area (Å²) >= 11 is 3.04. The first-order valence-corrected chi connectivity index (χ1v) is 8.20. The first-order chi connectivity index (χ1) is 9.06. The minimum absolute atomic E-state index is 0.0366. The van der Waals surface area contributed by atoms with E-state index in [1.807, 2.05) is 6.92 Å². The normalized spacial score (nSPS) is 20.3. The molecule has 2 N–H and O–H groups in total. The number of carbonyl (C=O) groups is 2. The van der Waals surface area contributed by atoms with Crippen molar-refractivity contribution >= 4 is 34.8 Å². The molecule has 6 heteroatoms. The predicted molar refractivity (Wildman–Crippen MR) is 77.5 cm³/mol. The average molecular weight is 298 g/mol. The molecule has 2 rings (SSSR count). The average Bonchev–Trinajstić information content (AvgIpc) is 2.54. The van der Waals surface area contributed by atoms with Gasteiger partial charge in [-0.1, -0.05) is 24.6 Å². The van der Waals surface area contributed by atoms with Crippen molar-refractivity contribution in [3.05, 3.63) is 10.6 Å². The van der Waals surface area contributed by atoms with Crippen molar-refractivity contribution in [2.24, 2.45) is 5.73 Å². The lowest BCUT2D eigenvalue weighted by Crippen LogP contribution is -2.14. The number of amides is 1. The largest absolute Gasteiger partial charge is 0.369 e. The van der Waals surface area contributed by atoms with Crippen molar-refractivity contribution in [1.82, 2.24) is 4.98 Å². The lowest BCUT2D eigenvalue weighted by Gasteiger charge is -2.09. The number of primary amides is 1. The second kappa shape index (κ2) is 6.52. The highest BCUT2D eigenvalue weighted by Crippen LogP contribution is 2.34. The van der Waals surface area contributed by atoms with Gasteiger partial charge in [0.2, 0.25) is 5.91 Å². The van der Waals surface area contributed by atoms with E-state index in [2.05, 4.69) is 4.98 Å². The molecule has 1 saturated carbocycles. The number of carbonyl (C=O) groups excluding carboxylic acids is 2. The highest BCUT2D eigenvalue weighted by Gasteiger charge is 2.23. The van der Waals surface area contributed by atoms with Gasteiger partial charge in [0, 0.05) is 11.3 Å². The fraction of sp³-hybridized carbons (Fsp3) is 0.615. The lowest BCUT2D eigenvalue weighted by atomic mass is 10.2. The molecule has 0 aromatic carbocycles. The van der Waals surface area contributed by atoms with Crippen LogP contribution in [0.1, 0.15) is 42.7 Å². The molecule has 1 aromatic rings. The first kappa shape index (κ1) is 14.5. The molecule has 1 atom stereocenters. The fourth-order valence-corrected chi connectivity index (χ4v) is 4.76. The number of thioether (sulfide) groups is 1. The van der Waals surface area contributed by atoms with Gasteiger partial charge >= 0.3 is 0 Å². The number of Topliss-reactive ketones (excluding diaryl/α,β-unsaturated/α-hetero) is 1. The van der Waals surface area contributed by atoms with Crippen LogP contribution in [0.4, 0.5) is 0 Å². The van der Waals surface area contributed by atoms with E-state index in [1.165, 1.54) is 11.3 Å². The Kier molecular flexibility index (Phi) is 4.99. The van der Waals surface area contributed by atoms with E-state index in [4.69, 9.17) is 5.73 Å². The zero-order valence-corrected chi connectivity index (χ0v) is 12.6. The van der Waals surface area contributed by atoms with E-state index in [9.17, 15) is 9.59 Å². The van der Waals surface area contributed by atoms with Crippen molar-refractivity contribution in [2.45, 2.75) is 55.0 Å². The minimum atomic E-state index is -0.339. The Labute approximate surface area is 121 Å². The molecule has 0 spiro atoms. The van der Waals surface area contributed by atoms with Crippen LogP contribution in [0, 0.1) is 6.92 Å². The molecule has 1 amide bonds. The maximum absolute atomic E-state index is 12.0. The van der Waals surface area contributed by atoms with Gasteiger partial charge in [-0.05, 0) is 19.8 Å². The third kappa shape index (κ3) is 4.04. The van der Waals surface area contributed by atoms with Gasteiger partial charge in [0.1, 0.15) is 5.78 Å². The van der Waals surface area contributed by atoms with E-state index < -0.39 is 0 Å². The molecule has 0 radical (unpaired) electrons. The molecule has 1 heterocycles. The zero-order valence-electron chi connectivity index (χ0n) is 11.0. The Bertz CT molecular complexity index is 485. The number of rotatable bonds is 4. The molecule has 1 fully saturated rings. The predicted octanol–water partition coefficient (Wildman–Crippen LogP) is 2.47. The van der Waals surface area contributed by atoms with Crippen LogP contribution >= 0.6 is 23.1 Å². The molecular formula is C13H18N2O2S2. The lowest BCUT2D eigenvalue weighted by molar-refractivity contribution is -0.118. The van der Waals surface area contributed by atoms with E-state index >= 15 is 0 Å². The number of ketones is 1. The van der Waals surface area contributed by atoms with Crippen molar-refractivity contribution in [2.75, 3.05) is 0 Å². The van der Waals surface area contributed by atoms with Crippen molar-refractivity contribution in [1.29, 1.82) is 0 Å². The van der Waals surface area contributed by atoms with Crippen molar-refractivity contribution < 1.29 is 9.59 Å². The van der Waals surface area contributed by atoms with Gasteiger partial charge in [-0.3, -0.25) is 9.59 Å². The van der Waals surface area contributed by atoms with E-state index in [-0.39, 0.29) is 17.6 Å². The van der Waals surface area contributed by atoms with Gasteiger partial charge in [-0.25, -0.2) is 4.98 Å². The molecule has 1 aromatic heterocycles. The van der Waals surface area contributed by atoms with Crippen LogP contribution in [0.3, 0.4) is 0 Å². The van der Waals surface area contributed by atoms with Gasteiger partial charge in [-0.15, -0.1) is 11.3 Å². The van der Waals surface area contributed by atoms with Gasteiger partial charge in [0.15, 0.2) is 4.34 Å². The zero-order chi connectivity index (χ0) is 13.8. The summed E-state index contributed by atoms with van der Waals surface area (Å²) in [4.78, 5) is 28.3. The summed E-state index contributed by atoms with van der Waals surface area (Å²) in [5, 5.41) is 0.0366. The van der Waals surface area contributed by atoms with E-state index in [1.54, 1.807) is 11.8 Å². The number of thiazole rings is 1. The molecule has 104 valence electrons. The SMILES string of the molecule is Cc1nc(SC2CCCCCC2=O)sc1CC(N)=O. The third-order valence-electron chi connectivity index (χ3n) is 3.20. The second-order valence-electron chi connectivity index (χ2n) is 4.80. The Morgan fingerprint density at radius 1 is 1.47 bits per heavy atom. The maximum Gasteiger partial charge on any atom is 0.222 e. The second-order valence-corrected chi connectivity index (χ2v) is 7.34.